The maximum absolute atomic E-state index is 13.4. The van der Waals surface area contributed by atoms with Crippen molar-refractivity contribution in [2.45, 2.75) is 64.5 Å². The molecule has 4 rings (SSSR count). The summed E-state index contributed by atoms with van der Waals surface area (Å²) in [6, 6.07) is 8.25. The maximum atomic E-state index is 13.4. The Morgan fingerprint density at radius 2 is 1.80 bits per heavy atom. The third kappa shape index (κ3) is 4.61. The first-order valence-electron chi connectivity index (χ1n) is 11.0. The summed E-state index contributed by atoms with van der Waals surface area (Å²) >= 11 is 1.71. The molecular formula is C23H31N3O3S. The number of aromatic nitrogens is 1. The van der Waals surface area contributed by atoms with Crippen LogP contribution in [0.3, 0.4) is 0 Å². The van der Waals surface area contributed by atoms with Gasteiger partial charge in [-0.1, -0.05) is 12.1 Å². The van der Waals surface area contributed by atoms with E-state index in [-0.39, 0.29) is 24.0 Å². The summed E-state index contributed by atoms with van der Waals surface area (Å²) in [5.74, 6) is 0.196. The Balaban J connectivity index is 1.42. The number of thiazole rings is 1. The first-order valence-corrected chi connectivity index (χ1v) is 11.8. The SMILES string of the molecule is CC(C)(C)OC(=O)N1CCC(C(=O)N2CCCCC2c2nc3ccccc3s2)CC1. The largest absolute Gasteiger partial charge is 0.444 e. The van der Waals surface area contributed by atoms with Crippen molar-refractivity contribution < 1.29 is 14.3 Å². The van der Waals surface area contributed by atoms with Crippen molar-refractivity contribution in [3.05, 3.63) is 29.3 Å². The van der Waals surface area contributed by atoms with Gasteiger partial charge in [0, 0.05) is 25.6 Å². The molecule has 1 atom stereocenters. The number of para-hydroxylation sites is 1. The molecule has 0 bridgehead atoms. The molecule has 0 spiro atoms. The van der Waals surface area contributed by atoms with Crippen LogP contribution in [0.5, 0.6) is 0 Å². The monoisotopic (exact) mass is 429 g/mol. The highest BCUT2D eigenvalue weighted by atomic mass is 32.1. The molecule has 0 aliphatic carbocycles. The fraction of sp³-hybridized carbons (Fsp3) is 0.609. The van der Waals surface area contributed by atoms with Crippen LogP contribution in [0.1, 0.15) is 63.9 Å². The van der Waals surface area contributed by atoms with Crippen LogP contribution in [0.4, 0.5) is 4.79 Å². The van der Waals surface area contributed by atoms with Crippen LogP contribution in [0.25, 0.3) is 10.2 Å². The van der Waals surface area contributed by atoms with Crippen LogP contribution in [0.15, 0.2) is 24.3 Å². The lowest BCUT2D eigenvalue weighted by atomic mass is 9.92. The molecule has 1 aromatic heterocycles. The van der Waals surface area contributed by atoms with Crippen LogP contribution in [-0.2, 0) is 9.53 Å². The number of amides is 2. The number of likely N-dealkylation sites (tertiary alicyclic amines) is 2. The van der Waals surface area contributed by atoms with Gasteiger partial charge in [-0.3, -0.25) is 4.79 Å². The molecule has 1 unspecified atom stereocenters. The summed E-state index contributed by atoms with van der Waals surface area (Å²) in [5.41, 5.74) is 0.517. The van der Waals surface area contributed by atoms with Crippen molar-refractivity contribution in [3.63, 3.8) is 0 Å². The lowest BCUT2D eigenvalue weighted by molar-refractivity contribution is -0.141. The molecule has 0 saturated carbocycles. The number of benzene rings is 1. The minimum absolute atomic E-state index is 0.0290. The van der Waals surface area contributed by atoms with E-state index in [9.17, 15) is 9.59 Å². The lowest BCUT2D eigenvalue weighted by Gasteiger charge is -2.39. The quantitative estimate of drug-likeness (QED) is 0.674. The zero-order valence-corrected chi connectivity index (χ0v) is 18.9. The van der Waals surface area contributed by atoms with E-state index in [1.807, 2.05) is 39.0 Å². The van der Waals surface area contributed by atoms with Crippen molar-refractivity contribution in [1.82, 2.24) is 14.8 Å². The molecule has 2 aliphatic rings. The van der Waals surface area contributed by atoms with Gasteiger partial charge in [0.2, 0.25) is 5.91 Å². The van der Waals surface area contributed by atoms with Gasteiger partial charge in [0.1, 0.15) is 10.6 Å². The van der Waals surface area contributed by atoms with Gasteiger partial charge in [0.05, 0.1) is 16.3 Å². The number of ether oxygens (including phenoxy) is 1. The Kier molecular flexibility index (Phi) is 6.00. The van der Waals surface area contributed by atoms with E-state index in [2.05, 4.69) is 11.0 Å². The molecule has 2 aliphatic heterocycles. The molecule has 0 radical (unpaired) electrons. The van der Waals surface area contributed by atoms with Crippen LogP contribution < -0.4 is 0 Å². The van der Waals surface area contributed by atoms with E-state index >= 15 is 0 Å². The number of hydrogen-bond donors (Lipinski definition) is 0. The third-order valence-corrected chi connectivity index (χ3v) is 7.01. The Bertz CT molecular complexity index is 879. The third-order valence-electron chi connectivity index (χ3n) is 5.88. The highest BCUT2D eigenvalue weighted by molar-refractivity contribution is 7.18. The fourth-order valence-electron chi connectivity index (χ4n) is 4.35. The first-order chi connectivity index (χ1) is 14.3. The predicted molar refractivity (Wildman–Crippen MR) is 118 cm³/mol. The summed E-state index contributed by atoms with van der Waals surface area (Å²) in [5, 5.41) is 1.05. The summed E-state index contributed by atoms with van der Waals surface area (Å²) in [7, 11) is 0. The average Bonchev–Trinajstić information content (AvgIpc) is 3.16. The van der Waals surface area contributed by atoms with Gasteiger partial charge in [0.25, 0.3) is 0 Å². The highest BCUT2D eigenvalue weighted by Gasteiger charge is 2.36. The zero-order valence-electron chi connectivity index (χ0n) is 18.1. The minimum Gasteiger partial charge on any atom is -0.444 e. The van der Waals surface area contributed by atoms with E-state index in [4.69, 9.17) is 9.72 Å². The van der Waals surface area contributed by atoms with E-state index in [1.54, 1.807) is 16.2 Å². The molecule has 3 heterocycles. The number of carbonyl (C=O) groups is 2. The summed E-state index contributed by atoms with van der Waals surface area (Å²) in [4.78, 5) is 34.4. The van der Waals surface area contributed by atoms with Gasteiger partial charge in [-0.25, -0.2) is 9.78 Å². The van der Waals surface area contributed by atoms with Crippen LogP contribution in [0.2, 0.25) is 0 Å². The highest BCUT2D eigenvalue weighted by Crippen LogP contribution is 2.37. The number of nitrogens with zero attached hydrogens (tertiary/aromatic N) is 3. The standard InChI is InChI=1S/C23H31N3O3S/c1-23(2,3)29-22(28)25-14-11-16(12-15-25)21(27)26-13-7-6-9-18(26)20-24-17-8-4-5-10-19(17)30-20/h4-5,8,10,16,18H,6-7,9,11-15H2,1-3H3. The number of carbonyl (C=O) groups excluding carboxylic acids is 2. The van der Waals surface area contributed by atoms with Crippen molar-refractivity contribution >= 4 is 33.6 Å². The Morgan fingerprint density at radius 1 is 1.07 bits per heavy atom. The molecular weight excluding hydrogens is 398 g/mol. The second-order valence-electron chi connectivity index (χ2n) is 9.30. The Morgan fingerprint density at radius 3 is 2.50 bits per heavy atom. The smallest absolute Gasteiger partial charge is 0.410 e. The number of piperidine rings is 2. The van der Waals surface area contributed by atoms with Crippen LogP contribution in [-0.4, -0.2) is 52.0 Å². The van der Waals surface area contributed by atoms with Gasteiger partial charge in [-0.15, -0.1) is 11.3 Å². The second kappa shape index (κ2) is 8.53. The van der Waals surface area contributed by atoms with Crippen molar-refractivity contribution in [1.29, 1.82) is 0 Å². The van der Waals surface area contributed by atoms with Gasteiger partial charge in [-0.2, -0.15) is 0 Å². The van der Waals surface area contributed by atoms with Gasteiger partial charge in [0.15, 0.2) is 0 Å². The second-order valence-corrected chi connectivity index (χ2v) is 10.4. The lowest BCUT2D eigenvalue weighted by Crippen LogP contribution is -2.47. The number of fused-ring (bicyclic) bond motifs is 1. The maximum Gasteiger partial charge on any atom is 0.410 e. The molecule has 1 aromatic carbocycles. The normalized spacial score (nSPS) is 21.1. The van der Waals surface area contributed by atoms with Gasteiger partial charge >= 0.3 is 6.09 Å². The molecule has 2 aromatic rings. The number of rotatable bonds is 2. The zero-order chi connectivity index (χ0) is 21.3. The predicted octanol–water partition coefficient (Wildman–Crippen LogP) is 5.00. The number of hydrogen-bond acceptors (Lipinski definition) is 5. The van der Waals surface area contributed by atoms with Crippen molar-refractivity contribution in [2.75, 3.05) is 19.6 Å². The molecule has 6 nitrogen and oxygen atoms in total. The average molecular weight is 430 g/mol. The van der Waals surface area contributed by atoms with Gasteiger partial charge < -0.3 is 14.5 Å². The molecule has 30 heavy (non-hydrogen) atoms. The van der Waals surface area contributed by atoms with E-state index in [0.717, 1.165) is 36.3 Å². The Labute approximate surface area is 182 Å². The van der Waals surface area contributed by atoms with Crippen LogP contribution >= 0.6 is 11.3 Å². The molecule has 2 amide bonds. The fourth-order valence-corrected chi connectivity index (χ4v) is 5.47. The summed E-state index contributed by atoms with van der Waals surface area (Å²) < 4.78 is 6.65. The van der Waals surface area contributed by atoms with Crippen molar-refractivity contribution in [2.24, 2.45) is 5.92 Å². The summed E-state index contributed by atoms with van der Waals surface area (Å²) in [6.07, 6.45) is 4.26. The molecule has 2 saturated heterocycles. The summed E-state index contributed by atoms with van der Waals surface area (Å²) in [6.45, 7) is 7.57. The van der Waals surface area contributed by atoms with Gasteiger partial charge in [-0.05, 0) is 65.0 Å². The van der Waals surface area contributed by atoms with E-state index in [0.29, 0.717) is 25.9 Å². The molecule has 7 heteroatoms. The molecule has 0 N–H and O–H groups in total. The van der Waals surface area contributed by atoms with Crippen LogP contribution in [0, 0.1) is 5.92 Å². The Hall–Kier alpha value is -2.15. The van der Waals surface area contributed by atoms with E-state index in [1.165, 1.54) is 4.70 Å². The molecule has 2 fully saturated rings. The van der Waals surface area contributed by atoms with E-state index < -0.39 is 5.60 Å². The van der Waals surface area contributed by atoms with Crippen molar-refractivity contribution in [3.8, 4) is 0 Å². The topological polar surface area (TPSA) is 62.7 Å². The molecule has 162 valence electrons. The first kappa shape index (κ1) is 21.1. The minimum atomic E-state index is -0.498.